The lowest BCUT2D eigenvalue weighted by molar-refractivity contribution is 0.0960. The fourth-order valence-corrected chi connectivity index (χ4v) is 5.36. The molecule has 1 saturated carbocycles. The molecule has 0 aliphatic heterocycles. The predicted molar refractivity (Wildman–Crippen MR) is 123 cm³/mol. The van der Waals surface area contributed by atoms with Crippen LogP contribution in [-0.2, 0) is 0 Å². The van der Waals surface area contributed by atoms with Crippen LogP contribution in [0.5, 0.6) is 17.2 Å². The Kier molecular flexibility index (Phi) is 6.43. The van der Waals surface area contributed by atoms with E-state index < -0.39 is 0 Å². The van der Waals surface area contributed by atoms with Gasteiger partial charge in [-0.15, -0.1) is 11.3 Å². The molecule has 1 amide bonds. The third kappa shape index (κ3) is 4.52. The fraction of sp³-hybridized carbons (Fsp3) is 0.360. The van der Waals surface area contributed by atoms with Crippen molar-refractivity contribution in [1.82, 2.24) is 5.32 Å². The van der Waals surface area contributed by atoms with Gasteiger partial charge in [-0.1, -0.05) is 31.4 Å². The van der Waals surface area contributed by atoms with E-state index in [1.54, 1.807) is 7.11 Å². The summed E-state index contributed by atoms with van der Waals surface area (Å²) in [6.07, 6.45) is 6.43. The van der Waals surface area contributed by atoms with Gasteiger partial charge in [0.05, 0.1) is 13.2 Å². The van der Waals surface area contributed by atoms with E-state index in [9.17, 15) is 4.79 Å². The zero-order valence-corrected chi connectivity index (χ0v) is 18.7. The predicted octanol–water partition coefficient (Wildman–Crippen LogP) is 6.31. The molecule has 0 bridgehead atoms. The molecule has 0 unspecified atom stereocenters. The van der Waals surface area contributed by atoms with Gasteiger partial charge in [-0.3, -0.25) is 4.79 Å². The average molecular weight is 435 g/mol. The number of nitrogens with one attached hydrogen (secondary N) is 1. The Balaban J connectivity index is 1.69. The van der Waals surface area contributed by atoms with E-state index in [0.717, 1.165) is 21.4 Å². The molecule has 160 valence electrons. The molecule has 1 aromatic heterocycles. The fourth-order valence-electron chi connectivity index (χ4n) is 4.23. The molecule has 1 aliphatic carbocycles. The Morgan fingerprint density at radius 1 is 1.19 bits per heavy atom. The van der Waals surface area contributed by atoms with Gasteiger partial charge < -0.3 is 14.8 Å². The van der Waals surface area contributed by atoms with Crippen molar-refractivity contribution in [3.63, 3.8) is 0 Å². The Morgan fingerprint density at radius 3 is 2.61 bits per heavy atom. The molecule has 0 atom stereocenters. The number of carbonyl (C=O) groups excluding carboxylic acids is 1. The van der Waals surface area contributed by atoms with Crippen molar-refractivity contribution < 1.29 is 14.3 Å². The molecular formula is C25H26N2O3S. The number of hydrogen-bond donors (Lipinski definition) is 1. The molecule has 5 nitrogen and oxygen atoms in total. The maximum absolute atomic E-state index is 12.7. The third-order valence-corrected chi connectivity index (χ3v) is 7.00. The van der Waals surface area contributed by atoms with Crippen molar-refractivity contribution >= 4 is 27.3 Å². The Morgan fingerprint density at radius 2 is 1.94 bits per heavy atom. The van der Waals surface area contributed by atoms with Gasteiger partial charge in [0, 0.05) is 10.1 Å². The normalized spacial score (nSPS) is 14.2. The Hall–Kier alpha value is -3.04. The summed E-state index contributed by atoms with van der Waals surface area (Å²) in [6.45, 7) is 1.92. The number of aryl methyl sites for hydroxylation is 1. The second-order valence-corrected chi connectivity index (χ2v) is 8.98. The first kappa shape index (κ1) is 21.2. The number of carbonyl (C=O) groups is 1. The molecule has 1 aliphatic rings. The van der Waals surface area contributed by atoms with Crippen molar-refractivity contribution in [3.8, 4) is 23.3 Å². The molecule has 0 radical (unpaired) electrons. The molecule has 1 N–H and O–H groups in total. The Bertz CT molecular complexity index is 1120. The van der Waals surface area contributed by atoms with Gasteiger partial charge >= 0.3 is 0 Å². The quantitative estimate of drug-likeness (QED) is 0.461. The number of benzene rings is 2. The highest BCUT2D eigenvalue weighted by molar-refractivity contribution is 7.21. The van der Waals surface area contributed by atoms with Crippen LogP contribution in [0.25, 0.3) is 10.1 Å². The summed E-state index contributed by atoms with van der Waals surface area (Å²) in [4.78, 5) is 13.2. The monoisotopic (exact) mass is 434 g/mol. The standard InChI is InChI=1S/C25H26N2O3S/c1-16-14-22-20(15-21(16)29-2)23(24(31-22)25(28)27-13-12-26)30-19-10-8-18(9-11-19)17-6-4-3-5-7-17/h8-11,14-15,17H,3-7,13H2,1-2H3,(H,27,28). The van der Waals surface area contributed by atoms with Gasteiger partial charge in [0.2, 0.25) is 0 Å². The van der Waals surface area contributed by atoms with Crippen LogP contribution < -0.4 is 14.8 Å². The van der Waals surface area contributed by atoms with Gasteiger partial charge in [-0.2, -0.15) is 5.26 Å². The maximum Gasteiger partial charge on any atom is 0.266 e. The molecular weight excluding hydrogens is 408 g/mol. The number of ether oxygens (including phenoxy) is 2. The first-order chi connectivity index (χ1) is 15.1. The van der Waals surface area contributed by atoms with Crippen molar-refractivity contribution in [3.05, 3.63) is 52.4 Å². The molecule has 2 aromatic carbocycles. The van der Waals surface area contributed by atoms with Crippen LogP contribution in [0.4, 0.5) is 0 Å². The Labute approximate surface area is 186 Å². The molecule has 4 rings (SSSR count). The van der Waals surface area contributed by atoms with Gasteiger partial charge in [0.1, 0.15) is 22.9 Å². The SMILES string of the molecule is COc1cc2c(Oc3ccc(C4CCCCC4)cc3)c(C(=O)NCC#N)sc2cc1C. The summed E-state index contributed by atoms with van der Waals surface area (Å²) in [5, 5.41) is 12.3. The number of fused-ring (bicyclic) bond motifs is 1. The van der Waals surface area contributed by atoms with Crippen LogP contribution >= 0.6 is 11.3 Å². The van der Waals surface area contributed by atoms with Crippen molar-refractivity contribution in [1.29, 1.82) is 5.26 Å². The highest BCUT2D eigenvalue weighted by atomic mass is 32.1. The first-order valence-electron chi connectivity index (χ1n) is 10.6. The molecule has 3 aromatic rings. The minimum atomic E-state index is -0.312. The van der Waals surface area contributed by atoms with Gasteiger partial charge in [-0.25, -0.2) is 0 Å². The molecule has 31 heavy (non-hydrogen) atoms. The van der Waals surface area contributed by atoms with E-state index in [4.69, 9.17) is 14.7 Å². The van der Waals surface area contributed by atoms with E-state index in [-0.39, 0.29) is 12.5 Å². The van der Waals surface area contributed by atoms with Gasteiger partial charge in [0.15, 0.2) is 5.75 Å². The summed E-state index contributed by atoms with van der Waals surface area (Å²) < 4.78 is 12.7. The number of methoxy groups -OCH3 is 1. The summed E-state index contributed by atoms with van der Waals surface area (Å²) in [7, 11) is 1.63. The van der Waals surface area contributed by atoms with Crippen LogP contribution in [0.2, 0.25) is 0 Å². The highest BCUT2D eigenvalue weighted by Crippen LogP contribution is 2.43. The summed E-state index contributed by atoms with van der Waals surface area (Å²) >= 11 is 1.36. The second-order valence-electron chi connectivity index (χ2n) is 7.93. The van der Waals surface area contributed by atoms with Crippen molar-refractivity contribution in [2.75, 3.05) is 13.7 Å². The molecule has 0 spiro atoms. The maximum atomic E-state index is 12.7. The van der Waals surface area contributed by atoms with Crippen LogP contribution in [0.1, 0.15) is 58.8 Å². The minimum absolute atomic E-state index is 0.0506. The van der Waals surface area contributed by atoms with Crippen LogP contribution in [0.15, 0.2) is 36.4 Å². The zero-order chi connectivity index (χ0) is 21.8. The minimum Gasteiger partial charge on any atom is -0.496 e. The summed E-state index contributed by atoms with van der Waals surface area (Å²) in [5.74, 6) is 2.25. The van der Waals surface area contributed by atoms with E-state index in [2.05, 4.69) is 17.4 Å². The average Bonchev–Trinajstić information content (AvgIpc) is 3.14. The molecule has 1 fully saturated rings. The first-order valence-corrected chi connectivity index (χ1v) is 11.5. The van der Waals surface area contributed by atoms with E-state index in [1.165, 1.54) is 49.0 Å². The van der Waals surface area contributed by atoms with Crippen LogP contribution in [0, 0.1) is 18.3 Å². The lowest BCUT2D eigenvalue weighted by Crippen LogP contribution is -2.22. The number of amides is 1. The number of nitrogens with zero attached hydrogens (tertiary/aromatic N) is 1. The smallest absolute Gasteiger partial charge is 0.266 e. The van der Waals surface area contributed by atoms with Crippen LogP contribution in [-0.4, -0.2) is 19.6 Å². The molecule has 6 heteroatoms. The van der Waals surface area contributed by atoms with Crippen LogP contribution in [0.3, 0.4) is 0 Å². The van der Waals surface area contributed by atoms with Gasteiger partial charge in [-0.05, 0) is 61.1 Å². The highest BCUT2D eigenvalue weighted by Gasteiger charge is 2.22. The summed E-state index contributed by atoms with van der Waals surface area (Å²) in [6, 6.07) is 14.1. The lowest BCUT2D eigenvalue weighted by Gasteiger charge is -2.22. The number of rotatable bonds is 6. The lowest BCUT2D eigenvalue weighted by atomic mass is 9.84. The topological polar surface area (TPSA) is 71.3 Å². The zero-order valence-electron chi connectivity index (χ0n) is 17.9. The second kappa shape index (κ2) is 9.40. The summed E-state index contributed by atoms with van der Waals surface area (Å²) in [5.41, 5.74) is 2.34. The van der Waals surface area contributed by atoms with Crippen molar-refractivity contribution in [2.45, 2.75) is 44.9 Å². The third-order valence-electron chi connectivity index (χ3n) is 5.87. The van der Waals surface area contributed by atoms with E-state index in [1.807, 2.05) is 37.3 Å². The largest absolute Gasteiger partial charge is 0.496 e. The van der Waals surface area contributed by atoms with E-state index >= 15 is 0 Å². The molecule has 0 saturated heterocycles. The van der Waals surface area contributed by atoms with E-state index in [0.29, 0.717) is 22.3 Å². The number of nitriles is 1. The van der Waals surface area contributed by atoms with Crippen molar-refractivity contribution in [2.24, 2.45) is 0 Å². The number of hydrogen-bond acceptors (Lipinski definition) is 5. The van der Waals surface area contributed by atoms with Gasteiger partial charge in [0.25, 0.3) is 5.91 Å². The molecule has 1 heterocycles. The number of thiophene rings is 1.